The summed E-state index contributed by atoms with van der Waals surface area (Å²) in [7, 11) is 0. The highest BCUT2D eigenvalue weighted by Gasteiger charge is 2.21. The van der Waals surface area contributed by atoms with Crippen LogP contribution in [-0.4, -0.2) is 42.2 Å². The molecule has 1 aliphatic rings. The van der Waals surface area contributed by atoms with E-state index in [2.05, 4.69) is 0 Å². The second kappa shape index (κ2) is 8.47. The monoisotopic (exact) mass is 325 g/mol. The Bertz CT molecular complexity index is 490. The molecular weight excluding hydrogens is 306 g/mol. The zero-order chi connectivity index (χ0) is 15.1. The Hall–Kier alpha value is -0.970. The average Bonchev–Trinajstić information content (AvgIpc) is 2.53. The van der Waals surface area contributed by atoms with Gasteiger partial charge in [-0.05, 0) is 42.9 Å². The van der Waals surface area contributed by atoms with E-state index in [9.17, 15) is 4.79 Å². The standard InChI is InChI=1S/C16H20ClNO2S/c1-21-15-10-18(12-20-11-15)16(19)5-3-2-4-13-6-8-14(17)9-7-13/h3,5-9,15H,2,4,10-12H2,1H3/b5-3+. The Balaban J connectivity index is 1.75. The predicted molar refractivity (Wildman–Crippen MR) is 88.7 cm³/mol. The molecule has 0 aliphatic carbocycles. The summed E-state index contributed by atoms with van der Waals surface area (Å²) in [5, 5.41) is 1.13. The van der Waals surface area contributed by atoms with Crippen LogP contribution in [0, 0.1) is 0 Å². The fourth-order valence-electron chi connectivity index (χ4n) is 2.13. The molecule has 2 rings (SSSR count). The number of hydrogen-bond acceptors (Lipinski definition) is 3. The smallest absolute Gasteiger partial charge is 0.248 e. The third-order valence-electron chi connectivity index (χ3n) is 3.39. The van der Waals surface area contributed by atoms with Gasteiger partial charge in [-0.25, -0.2) is 0 Å². The van der Waals surface area contributed by atoms with Gasteiger partial charge in [-0.3, -0.25) is 4.79 Å². The van der Waals surface area contributed by atoms with Crippen LogP contribution in [0.1, 0.15) is 12.0 Å². The number of halogens is 1. The number of benzene rings is 1. The van der Waals surface area contributed by atoms with Crippen LogP contribution < -0.4 is 0 Å². The molecule has 0 aromatic heterocycles. The molecule has 3 nitrogen and oxygen atoms in total. The van der Waals surface area contributed by atoms with Crippen molar-refractivity contribution in [2.75, 3.05) is 26.1 Å². The van der Waals surface area contributed by atoms with Gasteiger partial charge in [0.15, 0.2) is 0 Å². The lowest BCUT2D eigenvalue weighted by molar-refractivity contribution is -0.134. The summed E-state index contributed by atoms with van der Waals surface area (Å²) < 4.78 is 5.43. The highest BCUT2D eigenvalue weighted by Crippen LogP contribution is 2.14. The quantitative estimate of drug-likeness (QED) is 0.777. The first-order chi connectivity index (χ1) is 10.2. The van der Waals surface area contributed by atoms with Crippen molar-refractivity contribution >= 4 is 29.3 Å². The van der Waals surface area contributed by atoms with E-state index in [1.165, 1.54) is 5.56 Å². The van der Waals surface area contributed by atoms with Crippen molar-refractivity contribution in [3.8, 4) is 0 Å². The minimum Gasteiger partial charge on any atom is -0.360 e. The molecule has 21 heavy (non-hydrogen) atoms. The van der Waals surface area contributed by atoms with Crippen molar-refractivity contribution in [1.82, 2.24) is 4.90 Å². The number of rotatable bonds is 5. The third kappa shape index (κ3) is 5.38. The highest BCUT2D eigenvalue weighted by atomic mass is 35.5. The first-order valence-electron chi connectivity index (χ1n) is 6.99. The zero-order valence-electron chi connectivity index (χ0n) is 12.1. The minimum atomic E-state index is 0.0323. The normalized spacial score (nSPS) is 19.1. The molecule has 114 valence electrons. The Kier molecular flexibility index (Phi) is 6.61. The number of carbonyl (C=O) groups excluding carboxylic acids is 1. The molecule has 0 saturated carbocycles. The van der Waals surface area contributed by atoms with Gasteiger partial charge in [0.2, 0.25) is 5.91 Å². The SMILES string of the molecule is CSC1COCN(C(=O)/C=C/CCc2ccc(Cl)cc2)C1. The summed E-state index contributed by atoms with van der Waals surface area (Å²) >= 11 is 7.59. The minimum absolute atomic E-state index is 0.0323. The van der Waals surface area contributed by atoms with Crippen LogP contribution in [0.3, 0.4) is 0 Å². The van der Waals surface area contributed by atoms with Crippen LogP contribution in [-0.2, 0) is 16.0 Å². The van der Waals surface area contributed by atoms with Crippen LogP contribution in [0.2, 0.25) is 5.02 Å². The molecule has 1 fully saturated rings. The average molecular weight is 326 g/mol. The number of nitrogens with zero attached hydrogens (tertiary/aromatic N) is 1. The van der Waals surface area contributed by atoms with Gasteiger partial charge in [0.05, 0.1) is 6.61 Å². The summed E-state index contributed by atoms with van der Waals surface area (Å²) in [5.41, 5.74) is 1.22. The molecule has 0 N–H and O–H groups in total. The zero-order valence-corrected chi connectivity index (χ0v) is 13.7. The maximum Gasteiger partial charge on any atom is 0.248 e. The van der Waals surface area contributed by atoms with Crippen molar-refractivity contribution in [3.05, 3.63) is 47.0 Å². The lowest BCUT2D eigenvalue weighted by Gasteiger charge is -2.31. The molecule has 5 heteroatoms. The molecule has 1 heterocycles. The first kappa shape index (κ1) is 16.4. The molecule has 1 aliphatic heterocycles. The predicted octanol–water partition coefficient (Wildman–Crippen LogP) is 3.38. The maximum atomic E-state index is 12.0. The number of ether oxygens (including phenoxy) is 1. The molecular formula is C16H20ClNO2S. The lowest BCUT2D eigenvalue weighted by atomic mass is 10.1. The van der Waals surface area contributed by atoms with Crippen LogP contribution >= 0.6 is 23.4 Å². The van der Waals surface area contributed by atoms with Crippen LogP contribution in [0.5, 0.6) is 0 Å². The summed E-state index contributed by atoms with van der Waals surface area (Å²) in [6, 6.07) is 7.80. The van der Waals surface area contributed by atoms with E-state index in [0.717, 1.165) is 31.0 Å². The van der Waals surface area contributed by atoms with E-state index in [1.54, 1.807) is 22.7 Å². The molecule has 1 aromatic carbocycles. The number of hydrogen-bond donors (Lipinski definition) is 0. The van der Waals surface area contributed by atoms with E-state index >= 15 is 0 Å². The van der Waals surface area contributed by atoms with Gasteiger partial charge in [-0.2, -0.15) is 11.8 Å². The largest absolute Gasteiger partial charge is 0.360 e. The van der Waals surface area contributed by atoms with Gasteiger partial charge in [-0.1, -0.05) is 29.8 Å². The second-order valence-electron chi connectivity index (χ2n) is 4.99. The molecule has 1 amide bonds. The Morgan fingerprint density at radius 3 is 2.95 bits per heavy atom. The van der Waals surface area contributed by atoms with Crippen molar-refractivity contribution in [2.45, 2.75) is 18.1 Å². The van der Waals surface area contributed by atoms with E-state index in [0.29, 0.717) is 12.0 Å². The van der Waals surface area contributed by atoms with Gasteiger partial charge < -0.3 is 9.64 Å². The molecule has 1 unspecified atom stereocenters. The first-order valence-corrected chi connectivity index (χ1v) is 8.66. The third-order valence-corrected chi connectivity index (χ3v) is 4.60. The van der Waals surface area contributed by atoms with Gasteiger partial charge in [-0.15, -0.1) is 0 Å². The number of aryl methyl sites for hydroxylation is 1. The van der Waals surface area contributed by atoms with Crippen molar-refractivity contribution < 1.29 is 9.53 Å². The fraction of sp³-hybridized carbons (Fsp3) is 0.438. The molecule has 0 spiro atoms. The van der Waals surface area contributed by atoms with Crippen LogP contribution in [0.15, 0.2) is 36.4 Å². The van der Waals surface area contributed by atoms with Crippen molar-refractivity contribution in [2.24, 2.45) is 0 Å². The van der Waals surface area contributed by atoms with E-state index in [4.69, 9.17) is 16.3 Å². The molecule has 1 saturated heterocycles. The van der Waals surface area contributed by atoms with E-state index in [1.807, 2.05) is 36.6 Å². The van der Waals surface area contributed by atoms with Gasteiger partial charge >= 0.3 is 0 Å². The second-order valence-corrected chi connectivity index (χ2v) is 6.56. The van der Waals surface area contributed by atoms with Gasteiger partial charge in [0.25, 0.3) is 0 Å². The number of amides is 1. The highest BCUT2D eigenvalue weighted by molar-refractivity contribution is 7.99. The van der Waals surface area contributed by atoms with Gasteiger partial charge in [0.1, 0.15) is 6.73 Å². The summed E-state index contributed by atoms with van der Waals surface area (Å²) in [6.07, 6.45) is 7.38. The van der Waals surface area contributed by atoms with Crippen LogP contribution in [0.4, 0.5) is 0 Å². The van der Waals surface area contributed by atoms with Crippen molar-refractivity contribution in [3.63, 3.8) is 0 Å². The number of carbonyl (C=O) groups is 1. The summed E-state index contributed by atoms with van der Waals surface area (Å²) in [5.74, 6) is 0.0323. The van der Waals surface area contributed by atoms with E-state index < -0.39 is 0 Å². The Labute approximate surface area is 135 Å². The lowest BCUT2D eigenvalue weighted by Crippen LogP contribution is -2.43. The Morgan fingerprint density at radius 1 is 1.48 bits per heavy atom. The topological polar surface area (TPSA) is 29.5 Å². The summed E-state index contributed by atoms with van der Waals surface area (Å²) in [4.78, 5) is 13.8. The molecule has 1 aromatic rings. The molecule has 0 bridgehead atoms. The van der Waals surface area contributed by atoms with Gasteiger partial charge in [0, 0.05) is 16.8 Å². The maximum absolute atomic E-state index is 12.0. The number of allylic oxidation sites excluding steroid dienone is 1. The molecule has 0 radical (unpaired) electrons. The fourth-order valence-corrected chi connectivity index (χ4v) is 2.82. The van der Waals surface area contributed by atoms with Crippen molar-refractivity contribution in [1.29, 1.82) is 0 Å². The Morgan fingerprint density at radius 2 is 2.24 bits per heavy atom. The molecule has 1 atom stereocenters. The summed E-state index contributed by atoms with van der Waals surface area (Å²) in [6.45, 7) is 1.89. The van der Waals surface area contributed by atoms with Crippen LogP contribution in [0.25, 0.3) is 0 Å². The van der Waals surface area contributed by atoms with E-state index in [-0.39, 0.29) is 5.91 Å². The number of thioether (sulfide) groups is 1.